The van der Waals surface area contributed by atoms with E-state index in [0.717, 1.165) is 5.01 Å². The van der Waals surface area contributed by atoms with Gasteiger partial charge in [0.25, 0.3) is 5.91 Å². The van der Waals surface area contributed by atoms with E-state index in [4.69, 9.17) is 5.11 Å². The van der Waals surface area contributed by atoms with Crippen LogP contribution < -0.4 is 5.32 Å². The van der Waals surface area contributed by atoms with Gasteiger partial charge >= 0.3 is 0 Å². The van der Waals surface area contributed by atoms with Crippen LogP contribution in [-0.2, 0) is 4.79 Å². The largest absolute Gasteiger partial charge is 0.384 e. The van der Waals surface area contributed by atoms with E-state index in [1.54, 1.807) is 6.92 Å². The minimum atomic E-state index is -1.02. The lowest BCUT2D eigenvalue weighted by atomic mass is 10.4. The molecule has 0 bridgehead atoms. The van der Waals surface area contributed by atoms with Crippen LogP contribution in [-0.4, -0.2) is 27.3 Å². The summed E-state index contributed by atoms with van der Waals surface area (Å²) in [5.74, 6) is -0.467. The standard InChI is InChI=1S/C6H9N3O2S/c1-3(10)5(11)7-6-9-8-4(2)12-6/h3,10H,1-2H3,(H,7,9,11)/t3-/m1/s1. The number of amides is 1. The van der Waals surface area contributed by atoms with Gasteiger partial charge in [0.1, 0.15) is 11.1 Å². The van der Waals surface area contributed by atoms with Crippen LogP contribution in [0.2, 0.25) is 0 Å². The van der Waals surface area contributed by atoms with E-state index in [0.29, 0.717) is 5.13 Å². The molecule has 0 saturated carbocycles. The van der Waals surface area contributed by atoms with Crippen LogP contribution in [0.4, 0.5) is 5.13 Å². The lowest BCUT2D eigenvalue weighted by molar-refractivity contribution is -0.123. The number of carbonyl (C=O) groups is 1. The van der Waals surface area contributed by atoms with Gasteiger partial charge in [-0.25, -0.2) is 0 Å². The average Bonchev–Trinajstić information content (AvgIpc) is 2.35. The molecule has 0 aliphatic heterocycles. The fraction of sp³-hybridized carbons (Fsp3) is 0.500. The van der Waals surface area contributed by atoms with E-state index in [9.17, 15) is 4.79 Å². The van der Waals surface area contributed by atoms with E-state index in [2.05, 4.69) is 15.5 Å². The Bertz CT molecular complexity index is 284. The number of nitrogens with one attached hydrogen (secondary N) is 1. The van der Waals surface area contributed by atoms with E-state index in [1.165, 1.54) is 18.3 Å². The monoisotopic (exact) mass is 187 g/mol. The number of aromatic nitrogens is 2. The van der Waals surface area contributed by atoms with E-state index in [-0.39, 0.29) is 0 Å². The summed E-state index contributed by atoms with van der Waals surface area (Å²) in [6.45, 7) is 3.18. The molecule has 0 unspecified atom stereocenters. The van der Waals surface area contributed by atoms with Crippen molar-refractivity contribution < 1.29 is 9.90 Å². The fourth-order valence-electron chi connectivity index (χ4n) is 0.557. The summed E-state index contributed by atoms with van der Waals surface area (Å²) >= 11 is 1.27. The van der Waals surface area contributed by atoms with Gasteiger partial charge in [0.15, 0.2) is 0 Å². The van der Waals surface area contributed by atoms with Crippen LogP contribution >= 0.6 is 11.3 Å². The number of carbonyl (C=O) groups excluding carboxylic acids is 1. The maximum atomic E-state index is 10.9. The molecule has 0 aromatic carbocycles. The highest BCUT2D eigenvalue weighted by Gasteiger charge is 2.10. The van der Waals surface area contributed by atoms with Gasteiger partial charge in [-0.05, 0) is 13.8 Å². The molecule has 2 N–H and O–H groups in total. The van der Waals surface area contributed by atoms with Crippen molar-refractivity contribution in [1.82, 2.24) is 10.2 Å². The SMILES string of the molecule is Cc1nnc(NC(=O)[C@@H](C)O)s1. The summed E-state index contributed by atoms with van der Waals surface area (Å²) in [6, 6.07) is 0. The second-order valence-electron chi connectivity index (χ2n) is 2.29. The number of hydrogen-bond donors (Lipinski definition) is 2. The van der Waals surface area contributed by atoms with E-state index < -0.39 is 12.0 Å². The Kier molecular flexibility index (Phi) is 2.72. The molecule has 0 saturated heterocycles. The predicted molar refractivity (Wildman–Crippen MR) is 45.0 cm³/mol. The molecule has 0 spiro atoms. The second-order valence-corrected chi connectivity index (χ2v) is 3.47. The summed E-state index contributed by atoms with van der Waals surface area (Å²) in [6.07, 6.45) is -1.02. The van der Waals surface area contributed by atoms with E-state index >= 15 is 0 Å². The highest BCUT2D eigenvalue weighted by molar-refractivity contribution is 7.15. The zero-order valence-corrected chi connectivity index (χ0v) is 7.55. The molecule has 1 atom stereocenters. The number of anilines is 1. The average molecular weight is 187 g/mol. The lowest BCUT2D eigenvalue weighted by Crippen LogP contribution is -2.24. The van der Waals surface area contributed by atoms with Gasteiger partial charge in [0.05, 0.1) is 0 Å². The Labute approximate surface area is 73.4 Å². The van der Waals surface area contributed by atoms with Crippen LogP contribution in [0.5, 0.6) is 0 Å². The molecule has 6 heteroatoms. The number of aliphatic hydroxyl groups excluding tert-OH is 1. The number of hydrogen-bond acceptors (Lipinski definition) is 5. The number of rotatable bonds is 2. The third-order valence-corrected chi connectivity index (χ3v) is 1.89. The highest BCUT2D eigenvalue weighted by atomic mass is 32.1. The Hall–Kier alpha value is -1.01. The van der Waals surface area contributed by atoms with Gasteiger partial charge in [-0.3, -0.25) is 10.1 Å². The van der Waals surface area contributed by atoms with Gasteiger partial charge in [0, 0.05) is 0 Å². The molecule has 1 aromatic rings. The second kappa shape index (κ2) is 3.59. The Morgan fingerprint density at radius 3 is 2.75 bits per heavy atom. The predicted octanol–water partition coefficient (Wildman–Crippen LogP) is 0.166. The van der Waals surface area contributed by atoms with Crippen molar-refractivity contribution in [1.29, 1.82) is 0 Å². The number of aliphatic hydroxyl groups is 1. The highest BCUT2D eigenvalue weighted by Crippen LogP contribution is 2.13. The molecule has 0 fully saturated rings. The zero-order valence-electron chi connectivity index (χ0n) is 6.74. The van der Waals surface area contributed by atoms with Crippen LogP contribution in [0.1, 0.15) is 11.9 Å². The topological polar surface area (TPSA) is 75.1 Å². The molecule has 1 rings (SSSR count). The van der Waals surface area contributed by atoms with Gasteiger partial charge in [-0.1, -0.05) is 11.3 Å². The van der Waals surface area contributed by atoms with Crippen LogP contribution in [0, 0.1) is 6.92 Å². The Morgan fingerprint density at radius 1 is 1.67 bits per heavy atom. The first-order valence-corrected chi connectivity index (χ1v) is 4.20. The molecule has 1 heterocycles. The van der Waals surface area contributed by atoms with Crippen molar-refractivity contribution in [2.45, 2.75) is 20.0 Å². The first-order chi connectivity index (χ1) is 5.59. The minimum absolute atomic E-state index is 0.415. The molecule has 0 aliphatic rings. The molecule has 5 nitrogen and oxygen atoms in total. The van der Waals surface area contributed by atoms with Crippen molar-refractivity contribution in [3.63, 3.8) is 0 Å². The summed E-state index contributed by atoms with van der Waals surface area (Å²) in [5.41, 5.74) is 0. The van der Waals surface area contributed by atoms with Gasteiger partial charge in [0.2, 0.25) is 5.13 Å². The van der Waals surface area contributed by atoms with Crippen molar-refractivity contribution in [3.05, 3.63) is 5.01 Å². The lowest BCUT2D eigenvalue weighted by Gasteiger charge is -2.01. The van der Waals surface area contributed by atoms with Gasteiger partial charge in [-0.15, -0.1) is 10.2 Å². The van der Waals surface area contributed by atoms with Crippen LogP contribution in [0.3, 0.4) is 0 Å². The number of aryl methyl sites for hydroxylation is 1. The minimum Gasteiger partial charge on any atom is -0.384 e. The van der Waals surface area contributed by atoms with Gasteiger partial charge < -0.3 is 5.11 Å². The maximum Gasteiger partial charge on any atom is 0.254 e. The van der Waals surface area contributed by atoms with Crippen molar-refractivity contribution >= 4 is 22.4 Å². The van der Waals surface area contributed by atoms with Crippen molar-refractivity contribution in [2.75, 3.05) is 5.32 Å². The molecule has 0 radical (unpaired) electrons. The van der Waals surface area contributed by atoms with Crippen LogP contribution in [0.25, 0.3) is 0 Å². The molecular weight excluding hydrogens is 178 g/mol. The Morgan fingerprint density at radius 2 is 2.33 bits per heavy atom. The summed E-state index contributed by atoms with van der Waals surface area (Å²) in [7, 11) is 0. The molecule has 1 amide bonds. The Balaban J connectivity index is 2.58. The normalized spacial score (nSPS) is 12.6. The molecular formula is C6H9N3O2S. The van der Waals surface area contributed by atoms with Crippen molar-refractivity contribution in [3.8, 4) is 0 Å². The molecule has 66 valence electrons. The fourth-order valence-corrected chi connectivity index (χ4v) is 1.15. The maximum absolute atomic E-state index is 10.9. The molecule has 1 aromatic heterocycles. The third-order valence-electron chi connectivity index (χ3n) is 1.14. The first kappa shape index (κ1) is 9.08. The van der Waals surface area contributed by atoms with Crippen molar-refractivity contribution in [2.24, 2.45) is 0 Å². The molecule has 12 heavy (non-hydrogen) atoms. The summed E-state index contributed by atoms with van der Waals surface area (Å²) < 4.78 is 0. The quantitative estimate of drug-likeness (QED) is 0.691. The summed E-state index contributed by atoms with van der Waals surface area (Å²) in [5, 5.41) is 19.8. The first-order valence-electron chi connectivity index (χ1n) is 3.38. The smallest absolute Gasteiger partial charge is 0.254 e. The zero-order chi connectivity index (χ0) is 9.14. The number of nitrogens with zero attached hydrogens (tertiary/aromatic N) is 2. The molecule has 0 aliphatic carbocycles. The summed E-state index contributed by atoms with van der Waals surface area (Å²) in [4.78, 5) is 10.9. The third kappa shape index (κ3) is 2.24. The van der Waals surface area contributed by atoms with Gasteiger partial charge in [-0.2, -0.15) is 0 Å². The van der Waals surface area contributed by atoms with Crippen LogP contribution in [0.15, 0.2) is 0 Å². The van der Waals surface area contributed by atoms with E-state index in [1.807, 2.05) is 0 Å².